The van der Waals surface area contributed by atoms with Crippen molar-refractivity contribution < 1.29 is 28.5 Å². The number of fused-ring (bicyclic) bond motifs is 2. The highest BCUT2D eigenvalue weighted by Crippen LogP contribution is 2.33. The molecule has 2 amide bonds. The molecule has 1 saturated heterocycles. The standard InChI is InChI=1S/C34H39N5O6/c1-34(2,3)45-33(41)35-12-11-23-6-10-31(36-20-23)44-26-7-8-27-25(18-26)19-28(37(27)4)32(40)39-15-13-38(14-16-39)21-24-5-9-29-30(17-24)43-22-42-29/h5-10,17-20H,11-16,21-22H2,1-4H3,(H,35,41). The number of carbonyl (C=O) groups is 2. The molecule has 0 atom stereocenters. The summed E-state index contributed by atoms with van der Waals surface area (Å²) < 4.78 is 24.2. The van der Waals surface area contributed by atoms with Crippen molar-refractivity contribution in [2.45, 2.75) is 39.3 Å². The van der Waals surface area contributed by atoms with Crippen molar-refractivity contribution in [1.29, 1.82) is 0 Å². The van der Waals surface area contributed by atoms with Gasteiger partial charge in [0.25, 0.3) is 5.91 Å². The Kier molecular flexibility index (Phi) is 8.53. The Hall–Kier alpha value is -4.77. The Balaban J connectivity index is 1.02. The molecule has 0 radical (unpaired) electrons. The zero-order valence-electron chi connectivity index (χ0n) is 26.2. The number of benzene rings is 2. The first-order valence-corrected chi connectivity index (χ1v) is 15.2. The summed E-state index contributed by atoms with van der Waals surface area (Å²) in [6.07, 6.45) is 1.92. The first-order chi connectivity index (χ1) is 21.6. The van der Waals surface area contributed by atoms with E-state index >= 15 is 0 Å². The summed E-state index contributed by atoms with van der Waals surface area (Å²) in [6.45, 7) is 9.94. The van der Waals surface area contributed by atoms with E-state index in [2.05, 4.69) is 21.3 Å². The molecule has 6 rings (SSSR count). The highest BCUT2D eigenvalue weighted by Gasteiger charge is 2.25. The predicted molar refractivity (Wildman–Crippen MR) is 169 cm³/mol. The Morgan fingerprint density at radius 1 is 0.933 bits per heavy atom. The van der Waals surface area contributed by atoms with Crippen LogP contribution in [0.3, 0.4) is 0 Å². The van der Waals surface area contributed by atoms with Crippen molar-refractivity contribution in [2.75, 3.05) is 39.5 Å². The van der Waals surface area contributed by atoms with Gasteiger partial charge in [0, 0.05) is 69.5 Å². The van der Waals surface area contributed by atoms with Crippen LogP contribution in [0.2, 0.25) is 0 Å². The van der Waals surface area contributed by atoms with Crippen LogP contribution in [-0.2, 0) is 24.8 Å². The number of nitrogens with zero attached hydrogens (tertiary/aromatic N) is 4. The zero-order chi connectivity index (χ0) is 31.6. The molecule has 2 aromatic carbocycles. The number of aryl methyl sites for hydroxylation is 1. The third kappa shape index (κ3) is 7.31. The van der Waals surface area contributed by atoms with Crippen LogP contribution in [0.1, 0.15) is 42.4 Å². The highest BCUT2D eigenvalue weighted by molar-refractivity contribution is 5.99. The number of nitrogens with one attached hydrogen (secondary N) is 1. The van der Waals surface area contributed by atoms with Crippen LogP contribution >= 0.6 is 0 Å². The Labute approximate surface area is 262 Å². The maximum Gasteiger partial charge on any atom is 0.407 e. The van der Waals surface area contributed by atoms with Gasteiger partial charge < -0.3 is 33.7 Å². The number of carbonyl (C=O) groups excluding carboxylic acids is 2. The molecule has 0 unspecified atom stereocenters. The van der Waals surface area contributed by atoms with Gasteiger partial charge in [-0.15, -0.1) is 0 Å². The third-order valence-electron chi connectivity index (χ3n) is 7.84. The van der Waals surface area contributed by atoms with E-state index in [1.165, 1.54) is 5.56 Å². The maximum atomic E-state index is 13.5. The van der Waals surface area contributed by atoms with Crippen LogP contribution in [0, 0.1) is 0 Å². The smallest absolute Gasteiger partial charge is 0.407 e. The zero-order valence-corrected chi connectivity index (χ0v) is 26.2. The molecule has 0 aliphatic carbocycles. The van der Waals surface area contributed by atoms with E-state index in [0.717, 1.165) is 47.6 Å². The maximum absolute atomic E-state index is 13.5. The number of piperazine rings is 1. The van der Waals surface area contributed by atoms with Crippen molar-refractivity contribution >= 4 is 22.9 Å². The summed E-state index contributed by atoms with van der Waals surface area (Å²) >= 11 is 0. The molecule has 0 spiro atoms. The van der Waals surface area contributed by atoms with E-state index in [1.54, 1.807) is 12.3 Å². The number of pyridine rings is 1. The molecule has 1 fully saturated rings. The fourth-order valence-electron chi connectivity index (χ4n) is 5.53. The van der Waals surface area contributed by atoms with Crippen molar-refractivity contribution in [2.24, 2.45) is 7.05 Å². The first kappa shape index (κ1) is 30.3. The second-order valence-electron chi connectivity index (χ2n) is 12.4. The quantitative estimate of drug-likeness (QED) is 0.292. The third-order valence-corrected chi connectivity index (χ3v) is 7.84. The molecule has 0 bridgehead atoms. The fraction of sp³-hybridized carbons (Fsp3) is 0.382. The average molecular weight is 614 g/mol. The molecule has 11 heteroatoms. The van der Waals surface area contributed by atoms with E-state index in [0.29, 0.717) is 43.4 Å². The van der Waals surface area contributed by atoms with Crippen LogP contribution in [0.25, 0.3) is 10.9 Å². The van der Waals surface area contributed by atoms with E-state index < -0.39 is 11.7 Å². The van der Waals surface area contributed by atoms with E-state index in [9.17, 15) is 9.59 Å². The van der Waals surface area contributed by atoms with Crippen LogP contribution in [0.4, 0.5) is 4.79 Å². The number of hydrogen-bond acceptors (Lipinski definition) is 8. The van der Waals surface area contributed by atoms with Crippen molar-refractivity contribution in [3.63, 3.8) is 0 Å². The van der Waals surface area contributed by atoms with E-state index in [4.69, 9.17) is 18.9 Å². The molecule has 2 aromatic heterocycles. The molecule has 11 nitrogen and oxygen atoms in total. The lowest BCUT2D eigenvalue weighted by Gasteiger charge is -2.34. The van der Waals surface area contributed by atoms with Crippen molar-refractivity contribution in [3.05, 3.63) is 77.6 Å². The summed E-state index contributed by atoms with van der Waals surface area (Å²) in [4.78, 5) is 34.1. The largest absolute Gasteiger partial charge is 0.454 e. The van der Waals surface area contributed by atoms with Gasteiger partial charge in [0.05, 0.1) is 0 Å². The lowest BCUT2D eigenvalue weighted by atomic mass is 10.1. The molecule has 2 aliphatic rings. The summed E-state index contributed by atoms with van der Waals surface area (Å²) in [5.41, 5.74) is 3.21. The van der Waals surface area contributed by atoms with Gasteiger partial charge in [-0.1, -0.05) is 12.1 Å². The van der Waals surface area contributed by atoms with Crippen LogP contribution < -0.4 is 19.5 Å². The molecule has 4 aromatic rings. The monoisotopic (exact) mass is 613 g/mol. The summed E-state index contributed by atoms with van der Waals surface area (Å²) in [7, 11) is 1.92. The fourth-order valence-corrected chi connectivity index (χ4v) is 5.53. The summed E-state index contributed by atoms with van der Waals surface area (Å²) in [5.74, 6) is 2.70. The van der Waals surface area contributed by atoms with Gasteiger partial charge in [-0.3, -0.25) is 9.69 Å². The summed E-state index contributed by atoms with van der Waals surface area (Å²) in [5, 5.41) is 3.67. The molecule has 0 saturated carbocycles. The molecular formula is C34H39N5O6. The van der Waals surface area contributed by atoms with Crippen LogP contribution in [0.5, 0.6) is 23.1 Å². The predicted octanol–water partition coefficient (Wildman–Crippen LogP) is 5.12. The first-order valence-electron chi connectivity index (χ1n) is 15.2. The minimum absolute atomic E-state index is 0.0253. The normalized spacial score (nSPS) is 14.9. The van der Waals surface area contributed by atoms with Crippen molar-refractivity contribution in [1.82, 2.24) is 24.7 Å². The minimum atomic E-state index is -0.530. The SMILES string of the molecule is Cn1c(C(=O)N2CCN(Cc3ccc4c(c3)OCO4)CC2)cc2cc(Oc3ccc(CCNC(=O)OC(C)(C)C)cn3)ccc21. The topological polar surface area (TPSA) is 107 Å². The van der Waals surface area contributed by atoms with E-state index in [1.807, 2.05) is 79.8 Å². The molecule has 1 N–H and O–H groups in total. The van der Waals surface area contributed by atoms with E-state index in [-0.39, 0.29) is 12.7 Å². The van der Waals surface area contributed by atoms with Crippen molar-refractivity contribution in [3.8, 4) is 23.1 Å². The Bertz CT molecular complexity index is 1690. The van der Waals surface area contributed by atoms with Gasteiger partial charge >= 0.3 is 6.09 Å². The molecule has 45 heavy (non-hydrogen) atoms. The summed E-state index contributed by atoms with van der Waals surface area (Å²) in [6, 6.07) is 17.5. The van der Waals surface area contributed by atoms with Gasteiger partial charge in [-0.2, -0.15) is 0 Å². The van der Waals surface area contributed by atoms with Crippen LogP contribution in [0.15, 0.2) is 60.8 Å². The molecule has 4 heterocycles. The van der Waals surface area contributed by atoms with Crippen LogP contribution in [-0.4, -0.2) is 76.5 Å². The van der Waals surface area contributed by atoms with Gasteiger partial charge in [0.15, 0.2) is 11.5 Å². The average Bonchev–Trinajstić information content (AvgIpc) is 3.61. The van der Waals surface area contributed by atoms with Gasteiger partial charge in [0.2, 0.25) is 12.7 Å². The second kappa shape index (κ2) is 12.7. The molecular weight excluding hydrogens is 574 g/mol. The number of ether oxygens (including phenoxy) is 4. The Morgan fingerprint density at radius 3 is 2.47 bits per heavy atom. The number of amides is 2. The second-order valence-corrected chi connectivity index (χ2v) is 12.4. The number of alkyl carbamates (subject to hydrolysis) is 1. The number of hydrogen-bond donors (Lipinski definition) is 1. The van der Waals surface area contributed by atoms with Gasteiger partial charge in [-0.05, 0) is 74.7 Å². The van der Waals surface area contributed by atoms with Gasteiger partial charge in [0.1, 0.15) is 17.0 Å². The number of rotatable bonds is 8. The minimum Gasteiger partial charge on any atom is -0.454 e. The molecule has 2 aliphatic heterocycles. The highest BCUT2D eigenvalue weighted by atomic mass is 16.7. The Morgan fingerprint density at radius 2 is 1.71 bits per heavy atom. The molecule has 236 valence electrons. The lowest BCUT2D eigenvalue weighted by Crippen LogP contribution is -2.48. The van der Waals surface area contributed by atoms with Gasteiger partial charge in [-0.25, -0.2) is 9.78 Å². The number of aromatic nitrogens is 2. The lowest BCUT2D eigenvalue weighted by molar-refractivity contribution is 0.0527.